The zero-order valence-corrected chi connectivity index (χ0v) is 16.5. The van der Waals surface area contributed by atoms with E-state index >= 15 is 0 Å². The van der Waals surface area contributed by atoms with Crippen LogP contribution in [0.15, 0.2) is 54.1 Å². The minimum atomic E-state index is -1.32. The number of benzene rings is 2. The maximum Gasteiger partial charge on any atom is 0.294 e. The Labute approximate surface area is 170 Å². The van der Waals surface area contributed by atoms with Crippen LogP contribution in [0.1, 0.15) is 32.4 Å². The number of nitrogens with zero attached hydrogens (tertiary/aromatic N) is 2. The highest BCUT2D eigenvalue weighted by Gasteiger charge is 2.47. The molecular formula is C22H19F2N3O3. The lowest BCUT2D eigenvalue weighted by Gasteiger charge is -2.29. The highest BCUT2D eigenvalue weighted by molar-refractivity contribution is 6.17. The molecule has 154 valence electrons. The van der Waals surface area contributed by atoms with Crippen molar-refractivity contribution in [2.45, 2.75) is 26.8 Å². The van der Waals surface area contributed by atoms with E-state index in [1.807, 2.05) is 0 Å². The van der Waals surface area contributed by atoms with E-state index in [0.29, 0.717) is 16.7 Å². The van der Waals surface area contributed by atoms with Gasteiger partial charge < -0.3 is 10.1 Å². The van der Waals surface area contributed by atoms with Crippen molar-refractivity contribution in [1.82, 2.24) is 9.97 Å². The molecule has 3 aromatic rings. The summed E-state index contributed by atoms with van der Waals surface area (Å²) in [4.78, 5) is 34.3. The number of ketones is 1. The van der Waals surface area contributed by atoms with E-state index in [4.69, 9.17) is 0 Å². The van der Waals surface area contributed by atoms with Gasteiger partial charge in [-0.2, -0.15) is 0 Å². The molecule has 0 unspecified atom stereocenters. The van der Waals surface area contributed by atoms with E-state index in [2.05, 4.69) is 9.97 Å². The number of halogens is 2. The molecule has 1 aliphatic rings. The van der Waals surface area contributed by atoms with E-state index in [1.54, 1.807) is 39.0 Å². The fourth-order valence-corrected chi connectivity index (χ4v) is 3.61. The summed E-state index contributed by atoms with van der Waals surface area (Å²) in [6.45, 7) is 4.87. The number of aliphatic hydroxyl groups is 1. The number of aromatic nitrogens is 2. The van der Waals surface area contributed by atoms with Crippen molar-refractivity contribution in [3.8, 4) is 0 Å². The predicted octanol–water partition coefficient (Wildman–Crippen LogP) is 4.36. The maximum absolute atomic E-state index is 14.8. The number of hydrogen-bond donors (Lipinski definition) is 2. The molecule has 30 heavy (non-hydrogen) atoms. The number of imidazole rings is 1. The normalized spacial score (nSPS) is 17.3. The summed E-state index contributed by atoms with van der Waals surface area (Å²) in [5.41, 5.74) is 0.102. The van der Waals surface area contributed by atoms with Gasteiger partial charge in [-0.1, -0.05) is 32.9 Å². The maximum atomic E-state index is 14.8. The number of aromatic amines is 1. The van der Waals surface area contributed by atoms with Crippen molar-refractivity contribution in [3.63, 3.8) is 0 Å². The Hall–Kier alpha value is -3.55. The number of H-pyrrole nitrogens is 1. The molecule has 6 nitrogen and oxygen atoms in total. The Balaban J connectivity index is 1.96. The zero-order valence-electron chi connectivity index (χ0n) is 16.5. The van der Waals surface area contributed by atoms with E-state index in [9.17, 15) is 23.5 Å². The summed E-state index contributed by atoms with van der Waals surface area (Å²) in [6.07, 6.45) is 1.48. The first kappa shape index (κ1) is 19.8. The van der Waals surface area contributed by atoms with Crippen LogP contribution in [0, 0.1) is 17.0 Å². The Morgan fingerprint density at radius 2 is 1.93 bits per heavy atom. The van der Waals surface area contributed by atoms with E-state index in [1.165, 1.54) is 18.5 Å². The van der Waals surface area contributed by atoms with Gasteiger partial charge in [-0.3, -0.25) is 14.5 Å². The topological polar surface area (TPSA) is 86.3 Å². The van der Waals surface area contributed by atoms with Crippen molar-refractivity contribution < 1.29 is 23.5 Å². The molecule has 0 bridgehead atoms. The molecule has 0 fully saturated rings. The van der Waals surface area contributed by atoms with Crippen molar-refractivity contribution in [2.75, 3.05) is 4.90 Å². The number of Topliss-reactive ketones (excluding diaryl/α,β-unsaturated/α-hetero) is 1. The van der Waals surface area contributed by atoms with E-state index in [0.717, 1.165) is 11.0 Å². The average molecular weight is 411 g/mol. The van der Waals surface area contributed by atoms with E-state index < -0.39 is 40.5 Å². The number of rotatable bonds is 3. The van der Waals surface area contributed by atoms with Crippen molar-refractivity contribution in [2.24, 2.45) is 5.41 Å². The average Bonchev–Trinajstić information content (AvgIpc) is 3.25. The van der Waals surface area contributed by atoms with Gasteiger partial charge in [-0.05, 0) is 24.3 Å². The third kappa shape index (κ3) is 2.96. The number of hydrogen-bond acceptors (Lipinski definition) is 4. The smallest absolute Gasteiger partial charge is 0.294 e. The summed E-state index contributed by atoms with van der Waals surface area (Å²) < 4.78 is 28.8. The molecule has 1 aliphatic heterocycles. The van der Waals surface area contributed by atoms with Gasteiger partial charge >= 0.3 is 0 Å². The van der Waals surface area contributed by atoms with Crippen LogP contribution in [0.2, 0.25) is 0 Å². The van der Waals surface area contributed by atoms with E-state index in [-0.39, 0.29) is 11.1 Å². The Kier molecular flexibility index (Phi) is 4.45. The predicted molar refractivity (Wildman–Crippen MR) is 107 cm³/mol. The number of carbonyl (C=O) groups is 2. The molecular weight excluding hydrogens is 392 g/mol. The molecule has 4 rings (SSSR count). The monoisotopic (exact) mass is 411 g/mol. The lowest BCUT2D eigenvalue weighted by molar-refractivity contribution is -0.123. The molecule has 0 saturated carbocycles. The van der Waals surface area contributed by atoms with Gasteiger partial charge in [0.25, 0.3) is 5.91 Å². The summed E-state index contributed by atoms with van der Waals surface area (Å²) in [5, 5.41) is 10.6. The number of aliphatic hydroxyl groups excluding tert-OH is 1. The molecule has 0 radical (unpaired) electrons. The van der Waals surface area contributed by atoms with Crippen LogP contribution in [0.25, 0.3) is 11.0 Å². The number of carbonyl (C=O) groups excluding carboxylic acids is 2. The quantitative estimate of drug-likeness (QED) is 0.671. The van der Waals surface area contributed by atoms with Crippen LogP contribution in [0.3, 0.4) is 0 Å². The van der Waals surface area contributed by atoms with Crippen molar-refractivity contribution in [1.29, 1.82) is 0 Å². The van der Waals surface area contributed by atoms with Gasteiger partial charge in [-0.15, -0.1) is 0 Å². The van der Waals surface area contributed by atoms with Crippen LogP contribution >= 0.6 is 0 Å². The molecule has 1 atom stereocenters. The molecule has 8 heteroatoms. The molecule has 2 aromatic carbocycles. The molecule has 1 aromatic heterocycles. The second kappa shape index (κ2) is 6.76. The molecule has 1 amide bonds. The van der Waals surface area contributed by atoms with Crippen molar-refractivity contribution in [3.05, 3.63) is 71.3 Å². The lowest BCUT2D eigenvalue weighted by atomic mass is 9.82. The van der Waals surface area contributed by atoms with Crippen LogP contribution in [-0.4, -0.2) is 26.8 Å². The number of anilines is 1. The third-order valence-corrected chi connectivity index (χ3v) is 5.09. The SMILES string of the molecule is CC(C)(C)C(=O)C1=C(O)C(=O)N(c2ccc3nc[nH]c3c2)[C@@H]1c1cccc(F)c1F. The van der Waals surface area contributed by atoms with Gasteiger partial charge in [0.05, 0.1) is 29.0 Å². The molecule has 2 N–H and O–H groups in total. The largest absolute Gasteiger partial charge is 0.503 e. The fourth-order valence-electron chi connectivity index (χ4n) is 3.61. The molecule has 0 spiro atoms. The number of nitrogens with one attached hydrogen (secondary N) is 1. The summed E-state index contributed by atoms with van der Waals surface area (Å²) in [5.74, 6) is -4.47. The second-order valence-corrected chi connectivity index (χ2v) is 8.17. The summed E-state index contributed by atoms with van der Waals surface area (Å²) in [6, 6.07) is 7.04. The van der Waals surface area contributed by atoms with Gasteiger partial charge in [0, 0.05) is 16.7 Å². The third-order valence-electron chi connectivity index (χ3n) is 5.09. The Bertz CT molecular complexity index is 1220. The Morgan fingerprint density at radius 3 is 2.63 bits per heavy atom. The summed E-state index contributed by atoms with van der Waals surface area (Å²) in [7, 11) is 0. The second-order valence-electron chi connectivity index (χ2n) is 8.17. The van der Waals surface area contributed by atoms with Crippen molar-refractivity contribution >= 4 is 28.4 Å². The highest BCUT2D eigenvalue weighted by Crippen LogP contribution is 2.44. The number of fused-ring (bicyclic) bond motifs is 1. The molecule has 0 saturated heterocycles. The fraction of sp³-hybridized carbons (Fsp3) is 0.227. The van der Waals surface area contributed by atoms with Crippen LogP contribution in [0.4, 0.5) is 14.5 Å². The summed E-state index contributed by atoms with van der Waals surface area (Å²) >= 11 is 0. The minimum absolute atomic E-state index is 0.218. The van der Waals surface area contributed by atoms with Gasteiger partial charge in [0.2, 0.25) is 0 Å². The first-order valence-corrected chi connectivity index (χ1v) is 9.30. The minimum Gasteiger partial charge on any atom is -0.503 e. The number of amides is 1. The standard InChI is InChI=1S/C22H19F2N3O3/c1-22(2,3)20(29)16-18(12-5-4-6-13(23)17(12)24)27(21(30)19(16)28)11-7-8-14-15(9-11)26-10-25-14/h4-10,18,28H,1-3H3,(H,25,26)/t18-/m1/s1. The first-order valence-electron chi connectivity index (χ1n) is 9.30. The Morgan fingerprint density at radius 1 is 1.20 bits per heavy atom. The molecule has 0 aliphatic carbocycles. The molecule has 2 heterocycles. The lowest BCUT2D eigenvalue weighted by Crippen LogP contribution is -2.33. The van der Waals surface area contributed by atoms with Crippen LogP contribution < -0.4 is 4.90 Å². The highest BCUT2D eigenvalue weighted by atomic mass is 19.2. The first-order chi connectivity index (χ1) is 14.1. The van der Waals surface area contributed by atoms with Gasteiger partial charge in [0.1, 0.15) is 0 Å². The van der Waals surface area contributed by atoms with Crippen LogP contribution in [-0.2, 0) is 9.59 Å². The van der Waals surface area contributed by atoms with Gasteiger partial charge in [-0.25, -0.2) is 13.8 Å². The van der Waals surface area contributed by atoms with Crippen LogP contribution in [0.5, 0.6) is 0 Å². The van der Waals surface area contributed by atoms with Gasteiger partial charge in [0.15, 0.2) is 23.2 Å². The zero-order chi connectivity index (χ0) is 21.8.